The number of nitrogens with two attached hydrogens (primary N) is 1. The van der Waals surface area contributed by atoms with Crippen molar-refractivity contribution in [3.63, 3.8) is 0 Å². The fourth-order valence-electron chi connectivity index (χ4n) is 4.62. The topological polar surface area (TPSA) is 238 Å². The van der Waals surface area contributed by atoms with E-state index in [4.69, 9.17) is 5.73 Å². The summed E-state index contributed by atoms with van der Waals surface area (Å²) in [4.78, 5) is 90.9. The first kappa shape index (κ1) is 43.5. The molecule has 0 aliphatic heterocycles. The van der Waals surface area contributed by atoms with Crippen molar-refractivity contribution in [1.82, 2.24) is 31.9 Å². The molecule has 1 rings (SSSR count). The smallest absolute Gasteiger partial charge is 0.326 e. The minimum atomic E-state index is -1.60. The fraction of sp³-hybridized carbons (Fsp3) is 0.629. The van der Waals surface area contributed by atoms with Gasteiger partial charge < -0.3 is 42.7 Å². The van der Waals surface area contributed by atoms with E-state index in [9.17, 15) is 38.7 Å². The lowest BCUT2D eigenvalue weighted by molar-refractivity contribution is -0.144. The maximum Gasteiger partial charge on any atom is 0.326 e. The fourth-order valence-corrected chi connectivity index (χ4v) is 4.62. The Bertz CT molecular complexity index is 1390. The molecule has 15 heteroatoms. The van der Waals surface area contributed by atoms with E-state index in [0.717, 1.165) is 5.56 Å². The Hall–Kier alpha value is -4.53. The number of hydrogen-bond acceptors (Lipinski definition) is 8. The highest BCUT2D eigenvalue weighted by atomic mass is 16.4. The largest absolute Gasteiger partial charge is 0.480 e. The predicted molar refractivity (Wildman–Crippen MR) is 188 cm³/mol. The zero-order valence-electron chi connectivity index (χ0n) is 31.1. The lowest BCUT2D eigenvalue weighted by Gasteiger charge is -2.35. The van der Waals surface area contributed by atoms with Gasteiger partial charge in [-0.1, -0.05) is 58.0 Å². The van der Waals surface area contributed by atoms with Crippen LogP contribution in [0.2, 0.25) is 0 Å². The summed E-state index contributed by atoms with van der Waals surface area (Å²) in [6, 6.07) is 4.73. The van der Waals surface area contributed by atoms with Gasteiger partial charge in [0.05, 0.1) is 6.04 Å². The van der Waals surface area contributed by atoms with Gasteiger partial charge in [0.1, 0.15) is 34.7 Å². The van der Waals surface area contributed by atoms with Gasteiger partial charge in [-0.3, -0.25) is 28.8 Å². The molecule has 0 heterocycles. The second kappa shape index (κ2) is 17.9. The number of rotatable bonds is 18. The maximum absolute atomic E-state index is 13.7. The number of aliphatic carboxylic acids is 1. The molecule has 50 heavy (non-hydrogen) atoms. The number of carbonyl (C=O) groups is 7. The summed E-state index contributed by atoms with van der Waals surface area (Å²) >= 11 is 0. The van der Waals surface area contributed by atoms with Crippen molar-refractivity contribution in [3.8, 4) is 0 Å². The average Bonchev–Trinajstić information content (AvgIpc) is 2.98. The van der Waals surface area contributed by atoms with E-state index in [1.54, 1.807) is 44.2 Å². The summed E-state index contributed by atoms with van der Waals surface area (Å²) < 4.78 is 0. The third-order valence-corrected chi connectivity index (χ3v) is 7.88. The molecule has 0 spiro atoms. The normalized spacial score (nSPS) is 14.4. The van der Waals surface area contributed by atoms with Crippen LogP contribution in [-0.4, -0.2) is 87.3 Å². The molecule has 6 amide bonds. The Morgan fingerprint density at radius 2 is 1.12 bits per heavy atom. The van der Waals surface area contributed by atoms with Crippen LogP contribution in [0.15, 0.2) is 30.3 Å². The minimum Gasteiger partial charge on any atom is -0.480 e. The first-order valence-electron chi connectivity index (χ1n) is 16.7. The maximum atomic E-state index is 13.7. The molecule has 1 aromatic rings. The average molecular weight is 704 g/mol. The lowest BCUT2D eigenvalue weighted by atomic mass is 9.95. The first-order valence-corrected chi connectivity index (χ1v) is 16.7. The third-order valence-electron chi connectivity index (χ3n) is 7.88. The van der Waals surface area contributed by atoms with Gasteiger partial charge in [-0.05, 0) is 72.3 Å². The van der Waals surface area contributed by atoms with Crippen LogP contribution in [0.1, 0.15) is 88.1 Å². The van der Waals surface area contributed by atoms with Crippen LogP contribution in [0.3, 0.4) is 0 Å². The summed E-state index contributed by atoms with van der Waals surface area (Å²) in [7, 11) is 0. The number of amides is 6. The van der Waals surface area contributed by atoms with E-state index in [1.165, 1.54) is 48.5 Å². The molecule has 15 nitrogen and oxygen atoms in total. The van der Waals surface area contributed by atoms with Crippen molar-refractivity contribution >= 4 is 41.4 Å². The highest BCUT2D eigenvalue weighted by molar-refractivity contribution is 6.00. The molecule has 0 aliphatic rings. The Morgan fingerprint density at radius 3 is 1.56 bits per heavy atom. The number of carboxylic acid groups (broad SMARTS) is 1. The summed E-state index contributed by atoms with van der Waals surface area (Å²) in [5.41, 5.74) is 1.64. The van der Waals surface area contributed by atoms with Crippen molar-refractivity contribution in [2.75, 3.05) is 0 Å². The van der Waals surface area contributed by atoms with Crippen molar-refractivity contribution in [1.29, 1.82) is 0 Å². The van der Waals surface area contributed by atoms with Crippen LogP contribution in [0.4, 0.5) is 0 Å². The minimum absolute atomic E-state index is 0.0122. The van der Waals surface area contributed by atoms with Gasteiger partial charge in [0.25, 0.3) is 0 Å². The number of carboxylic acids is 1. The van der Waals surface area contributed by atoms with E-state index in [1.807, 2.05) is 13.8 Å². The number of hydrogen-bond donors (Lipinski definition) is 8. The monoisotopic (exact) mass is 703 g/mol. The summed E-state index contributed by atoms with van der Waals surface area (Å²) in [6.07, 6.45) is 0.249. The second-order valence-corrected chi connectivity index (χ2v) is 15.0. The van der Waals surface area contributed by atoms with Gasteiger partial charge >= 0.3 is 5.97 Å². The van der Waals surface area contributed by atoms with Gasteiger partial charge in [-0.15, -0.1) is 0 Å². The first-order chi connectivity index (χ1) is 22.8. The molecule has 0 radical (unpaired) electrons. The van der Waals surface area contributed by atoms with Gasteiger partial charge in [0, 0.05) is 6.42 Å². The molecule has 4 atom stereocenters. The quantitative estimate of drug-likeness (QED) is 0.106. The van der Waals surface area contributed by atoms with E-state index in [0.29, 0.717) is 0 Å². The van der Waals surface area contributed by atoms with Gasteiger partial charge in [-0.2, -0.15) is 0 Å². The number of benzene rings is 1. The van der Waals surface area contributed by atoms with Crippen molar-refractivity contribution in [3.05, 3.63) is 35.9 Å². The van der Waals surface area contributed by atoms with Crippen molar-refractivity contribution in [2.45, 2.75) is 130 Å². The van der Waals surface area contributed by atoms with Crippen LogP contribution in [-0.2, 0) is 40.0 Å². The van der Waals surface area contributed by atoms with Gasteiger partial charge in [-0.25, -0.2) is 4.79 Å². The molecular formula is C35H57N7O8. The molecule has 9 N–H and O–H groups in total. The SMILES string of the molecule is CC(C)C[C@H](NC(=O)C(C)(C)NC(=O)C(C)(C)NC(=O)C(C)(C)NC(=O)[C@H](Cc1ccccc1)NC(=O)[C@@H](NC(=O)[C@H](C)N)C(C)C)C(=O)O. The molecule has 0 aromatic heterocycles. The van der Waals surface area contributed by atoms with Crippen LogP contribution >= 0.6 is 0 Å². The highest BCUT2D eigenvalue weighted by Gasteiger charge is 2.41. The van der Waals surface area contributed by atoms with Gasteiger partial charge in [0.15, 0.2) is 0 Å². The molecule has 0 saturated carbocycles. The van der Waals surface area contributed by atoms with Gasteiger partial charge in [0.2, 0.25) is 35.4 Å². The van der Waals surface area contributed by atoms with Crippen molar-refractivity contribution in [2.24, 2.45) is 17.6 Å². The Morgan fingerprint density at radius 1 is 0.640 bits per heavy atom. The predicted octanol–water partition coefficient (Wildman–Crippen LogP) is 0.502. The second-order valence-electron chi connectivity index (χ2n) is 15.0. The highest BCUT2D eigenvalue weighted by Crippen LogP contribution is 2.14. The Balaban J connectivity index is 3.14. The van der Waals surface area contributed by atoms with Crippen LogP contribution < -0.4 is 37.6 Å². The van der Waals surface area contributed by atoms with Crippen LogP contribution in [0.25, 0.3) is 0 Å². The molecule has 0 aliphatic carbocycles. The molecular weight excluding hydrogens is 646 g/mol. The molecule has 0 fully saturated rings. The molecule has 280 valence electrons. The molecule has 0 unspecified atom stereocenters. The third kappa shape index (κ3) is 13.4. The standard InChI is InChI=1S/C35H57N7O8/c1-19(2)17-24(29(46)47)38-30(48)33(6,7)41-32(50)35(10,11)42-31(49)34(8,9)40-27(44)23(18-22-15-13-12-14-16-22)37-28(45)25(20(3)4)39-26(43)21(5)36/h12-16,19-21,23-25H,17-18,36H2,1-11H3,(H,37,45)(H,38,48)(H,39,43)(H,40,44)(H,41,50)(H,42,49)(H,46,47)/t21-,23-,24-,25-/m0/s1. The summed E-state index contributed by atoms with van der Waals surface area (Å²) in [6.45, 7) is 17.1. The van der Waals surface area contributed by atoms with E-state index in [-0.39, 0.29) is 24.7 Å². The van der Waals surface area contributed by atoms with Crippen LogP contribution in [0.5, 0.6) is 0 Å². The zero-order chi connectivity index (χ0) is 38.8. The molecule has 0 bridgehead atoms. The summed E-state index contributed by atoms with van der Waals surface area (Å²) in [5, 5.41) is 25.1. The van der Waals surface area contributed by atoms with Crippen LogP contribution in [0, 0.1) is 11.8 Å². The zero-order valence-corrected chi connectivity index (χ0v) is 31.1. The van der Waals surface area contributed by atoms with E-state index < -0.39 is 82.2 Å². The molecule has 0 saturated heterocycles. The number of nitrogens with one attached hydrogen (secondary N) is 6. The molecule has 1 aromatic carbocycles. The number of carbonyl (C=O) groups excluding carboxylic acids is 6. The Kier molecular flexibility index (Phi) is 15.6. The Labute approximate surface area is 295 Å². The lowest BCUT2D eigenvalue weighted by Crippen LogP contribution is -2.67. The summed E-state index contributed by atoms with van der Waals surface area (Å²) in [5.74, 6) is -5.62. The van der Waals surface area contributed by atoms with Crippen molar-refractivity contribution < 1.29 is 38.7 Å². The van der Waals surface area contributed by atoms with E-state index in [2.05, 4.69) is 31.9 Å². The van der Waals surface area contributed by atoms with E-state index >= 15 is 0 Å².